The Morgan fingerprint density at radius 3 is 2.63 bits per heavy atom. The van der Waals surface area contributed by atoms with Crippen molar-refractivity contribution in [2.24, 2.45) is 11.3 Å². The Kier molecular flexibility index (Phi) is 7.14. The zero-order valence-electron chi connectivity index (χ0n) is 27.6. The molecule has 0 unspecified atom stereocenters. The minimum absolute atomic E-state index is 0.0305. The Balaban J connectivity index is 1.10. The number of hydrogen-bond acceptors (Lipinski definition) is 7. The van der Waals surface area contributed by atoms with Crippen molar-refractivity contribution in [1.29, 1.82) is 0 Å². The maximum Gasteiger partial charge on any atom is 0.245 e. The first kappa shape index (κ1) is 30.4. The Labute approximate surface area is 276 Å². The number of morpholine rings is 1. The highest BCUT2D eigenvalue weighted by atomic mass is 35.5. The summed E-state index contributed by atoms with van der Waals surface area (Å²) in [7, 11) is 0. The Bertz CT molecular complexity index is 1690. The van der Waals surface area contributed by atoms with E-state index in [9.17, 15) is 4.79 Å². The molecule has 2 aromatic heterocycles. The molecule has 246 valence electrons. The molecule has 11 heteroatoms. The normalized spacial score (nSPS) is 25.5. The minimum Gasteiger partial charge on any atom is -0.375 e. The van der Waals surface area contributed by atoms with Gasteiger partial charge in [-0.2, -0.15) is 10.2 Å². The molecule has 5 fully saturated rings. The Morgan fingerprint density at radius 2 is 1.93 bits per heavy atom. The second-order valence-electron chi connectivity index (χ2n) is 15.5. The fourth-order valence-electron chi connectivity index (χ4n) is 9.24. The van der Waals surface area contributed by atoms with Crippen molar-refractivity contribution in [3.8, 4) is 11.1 Å². The van der Waals surface area contributed by atoms with Crippen LogP contribution in [-0.4, -0.2) is 106 Å². The highest BCUT2D eigenvalue weighted by Crippen LogP contribution is 2.56. The molecule has 4 saturated heterocycles. The number of likely N-dealkylation sites (tertiary alicyclic amines) is 1. The van der Waals surface area contributed by atoms with Crippen LogP contribution in [0.5, 0.6) is 0 Å². The molecule has 8 rings (SSSR count). The number of piperidine rings is 1. The van der Waals surface area contributed by atoms with Crippen LogP contribution < -0.4 is 4.90 Å². The lowest BCUT2D eigenvalue weighted by Crippen LogP contribution is -2.63. The van der Waals surface area contributed by atoms with E-state index in [2.05, 4.69) is 65.0 Å². The number of fused-ring (bicyclic) bond motifs is 1. The van der Waals surface area contributed by atoms with Crippen LogP contribution in [0.1, 0.15) is 56.8 Å². The predicted octanol–water partition coefficient (Wildman–Crippen LogP) is 5.14. The van der Waals surface area contributed by atoms with Crippen LogP contribution in [0.2, 0.25) is 5.02 Å². The molecule has 1 aliphatic carbocycles. The average molecular weight is 648 g/mol. The molecule has 10 nitrogen and oxygen atoms in total. The first-order valence-electron chi connectivity index (χ1n) is 16.9. The average Bonchev–Trinajstić information content (AvgIpc) is 3.55. The number of carbonyl (C=O) groups excluding carboxylic acids is 1. The van der Waals surface area contributed by atoms with Crippen LogP contribution >= 0.6 is 11.6 Å². The summed E-state index contributed by atoms with van der Waals surface area (Å²) in [5.74, 6) is 1.65. The van der Waals surface area contributed by atoms with Crippen molar-refractivity contribution in [2.75, 3.05) is 64.0 Å². The molecule has 0 radical (unpaired) electrons. The van der Waals surface area contributed by atoms with Crippen LogP contribution in [-0.2, 0) is 14.3 Å². The van der Waals surface area contributed by atoms with Gasteiger partial charge in [-0.25, -0.2) is 0 Å². The van der Waals surface area contributed by atoms with Crippen LogP contribution in [0.15, 0.2) is 24.9 Å². The van der Waals surface area contributed by atoms with Crippen LogP contribution in [0.4, 0.5) is 5.82 Å². The van der Waals surface area contributed by atoms with E-state index in [1.165, 1.54) is 6.08 Å². The fourth-order valence-corrected chi connectivity index (χ4v) is 9.49. The van der Waals surface area contributed by atoms with Crippen LogP contribution in [0.25, 0.3) is 22.0 Å². The second-order valence-corrected chi connectivity index (χ2v) is 15.9. The number of ether oxygens (including phenoxy) is 2. The number of hydrogen-bond donors (Lipinski definition) is 1. The molecule has 46 heavy (non-hydrogen) atoms. The topological polar surface area (TPSA) is 91.8 Å². The lowest BCUT2D eigenvalue weighted by molar-refractivity contribution is -0.238. The number of nitrogens with zero attached hydrogens (tertiary/aromatic N) is 6. The molecular weight excluding hydrogens is 602 g/mol. The van der Waals surface area contributed by atoms with Gasteiger partial charge in [0.05, 0.1) is 42.6 Å². The van der Waals surface area contributed by atoms with Gasteiger partial charge in [-0.3, -0.25) is 19.5 Å². The van der Waals surface area contributed by atoms with Gasteiger partial charge < -0.3 is 19.3 Å². The van der Waals surface area contributed by atoms with E-state index in [1.807, 2.05) is 11.1 Å². The number of nitrogens with one attached hydrogen (secondary N) is 1. The number of benzene rings is 1. The van der Waals surface area contributed by atoms with E-state index in [4.69, 9.17) is 26.2 Å². The predicted molar refractivity (Wildman–Crippen MR) is 179 cm³/mol. The Morgan fingerprint density at radius 1 is 1.15 bits per heavy atom. The van der Waals surface area contributed by atoms with Crippen molar-refractivity contribution >= 4 is 34.2 Å². The fraction of sp³-hybridized carbons (Fsp3) is 0.629. The highest BCUT2D eigenvalue weighted by molar-refractivity contribution is 6.36. The summed E-state index contributed by atoms with van der Waals surface area (Å²) in [6.07, 6.45) is 7.56. The smallest absolute Gasteiger partial charge is 0.245 e. The molecule has 4 aliphatic heterocycles. The quantitative estimate of drug-likeness (QED) is 0.371. The first-order chi connectivity index (χ1) is 22.0. The largest absolute Gasteiger partial charge is 0.375 e. The van der Waals surface area contributed by atoms with Crippen molar-refractivity contribution in [2.45, 2.75) is 70.6 Å². The van der Waals surface area contributed by atoms with Gasteiger partial charge in [0.25, 0.3) is 0 Å². The molecule has 3 aromatic rings. The summed E-state index contributed by atoms with van der Waals surface area (Å²) in [5, 5.41) is 14.8. The van der Waals surface area contributed by atoms with Gasteiger partial charge in [0.15, 0.2) is 5.82 Å². The SMILES string of the molecule is C=CC(=O)N1CC2(CC(n3nc(N4CC[C@@H](CN5CCOC6(COC6)C5)CC4(C)C)c(-c4c(Cl)c(C)cc5[nH]ncc45)c3C)C2)C1. The van der Waals surface area contributed by atoms with Gasteiger partial charge in [0.2, 0.25) is 5.91 Å². The summed E-state index contributed by atoms with van der Waals surface area (Å²) in [6.45, 7) is 20.5. The zero-order valence-corrected chi connectivity index (χ0v) is 28.3. The molecule has 1 aromatic carbocycles. The first-order valence-corrected chi connectivity index (χ1v) is 17.2. The summed E-state index contributed by atoms with van der Waals surface area (Å²) in [4.78, 5) is 19.2. The summed E-state index contributed by atoms with van der Waals surface area (Å²) < 4.78 is 13.9. The van der Waals surface area contributed by atoms with Crippen molar-refractivity contribution in [1.82, 2.24) is 29.8 Å². The number of halogens is 1. The van der Waals surface area contributed by atoms with Gasteiger partial charge in [0, 0.05) is 72.4 Å². The summed E-state index contributed by atoms with van der Waals surface area (Å²) >= 11 is 7.19. The zero-order chi connectivity index (χ0) is 32.0. The lowest BCUT2D eigenvalue weighted by Gasteiger charge is -2.58. The van der Waals surface area contributed by atoms with E-state index in [0.29, 0.717) is 12.0 Å². The number of rotatable bonds is 6. The number of anilines is 1. The monoisotopic (exact) mass is 647 g/mol. The van der Waals surface area contributed by atoms with E-state index in [-0.39, 0.29) is 22.5 Å². The van der Waals surface area contributed by atoms with E-state index in [0.717, 1.165) is 129 Å². The Hall–Kier alpha value is -2.92. The molecule has 1 amide bonds. The number of aryl methyl sites for hydroxylation is 1. The van der Waals surface area contributed by atoms with Crippen molar-refractivity contribution in [3.63, 3.8) is 0 Å². The molecule has 2 spiro atoms. The van der Waals surface area contributed by atoms with Gasteiger partial charge in [-0.15, -0.1) is 0 Å². The van der Waals surface area contributed by atoms with Crippen LogP contribution in [0.3, 0.4) is 0 Å². The minimum atomic E-state index is -0.0982. The van der Waals surface area contributed by atoms with Gasteiger partial charge in [0.1, 0.15) is 5.60 Å². The number of amides is 1. The molecule has 0 bridgehead atoms. The third-order valence-corrected chi connectivity index (χ3v) is 12.1. The lowest BCUT2D eigenvalue weighted by atomic mass is 9.60. The van der Waals surface area contributed by atoms with Gasteiger partial charge in [-0.1, -0.05) is 18.2 Å². The number of H-pyrrole nitrogens is 1. The number of carbonyl (C=O) groups is 1. The maximum atomic E-state index is 12.1. The molecule has 1 N–H and O–H groups in total. The molecular formula is C35H46ClN7O3. The summed E-state index contributed by atoms with van der Waals surface area (Å²) in [5.41, 5.74) is 5.29. The molecule has 1 atom stereocenters. The van der Waals surface area contributed by atoms with Crippen molar-refractivity contribution in [3.05, 3.63) is 41.2 Å². The van der Waals surface area contributed by atoms with Gasteiger partial charge in [-0.05, 0) is 77.0 Å². The highest BCUT2D eigenvalue weighted by Gasteiger charge is 2.55. The van der Waals surface area contributed by atoms with Crippen LogP contribution in [0, 0.1) is 25.2 Å². The molecule has 6 heterocycles. The maximum absolute atomic E-state index is 12.1. The second kappa shape index (κ2) is 10.8. The standard InChI is InChI=1S/C35H46ClN7O3/c1-6-28(44)41-17-34(18-41)13-25(14-34)43-23(3)29(30-26-15-37-38-27(26)11-22(2)31(30)36)32(39-43)42-8-7-24(12-33(42,4)5)16-40-9-10-46-35(19-40)20-45-21-35/h6,11,15,24-25H,1,7-10,12-14,16-21H2,2-5H3,(H,37,38)/t24-/m1/s1. The van der Waals surface area contributed by atoms with E-state index < -0.39 is 0 Å². The molecule has 1 saturated carbocycles. The molecule has 5 aliphatic rings. The van der Waals surface area contributed by atoms with Gasteiger partial charge >= 0.3 is 0 Å². The van der Waals surface area contributed by atoms with Crippen molar-refractivity contribution < 1.29 is 14.3 Å². The third kappa shape index (κ3) is 4.81. The van der Waals surface area contributed by atoms with E-state index in [1.54, 1.807) is 0 Å². The third-order valence-electron chi connectivity index (χ3n) is 11.6. The summed E-state index contributed by atoms with van der Waals surface area (Å²) in [6, 6.07) is 2.37. The van der Waals surface area contributed by atoms with E-state index >= 15 is 0 Å². The number of aromatic nitrogens is 4. The number of aromatic amines is 1.